The molecule has 0 unspecified atom stereocenters. The molecule has 4 aromatic rings. The summed E-state index contributed by atoms with van der Waals surface area (Å²) in [5.74, 6) is 0.766. The van der Waals surface area contributed by atoms with Crippen molar-refractivity contribution < 1.29 is 13.9 Å². The molecule has 0 atom stereocenters. The minimum Gasteiger partial charge on any atom is -0.491 e. The Morgan fingerprint density at radius 3 is 2.75 bits per heavy atom. The highest BCUT2D eigenvalue weighted by Gasteiger charge is 2.19. The van der Waals surface area contributed by atoms with Crippen LogP contribution in [0.1, 0.15) is 35.9 Å². The van der Waals surface area contributed by atoms with E-state index in [1.807, 2.05) is 55.5 Å². The summed E-state index contributed by atoms with van der Waals surface area (Å²) in [6, 6.07) is 15.1. The van der Waals surface area contributed by atoms with Crippen LogP contribution in [0.15, 0.2) is 59.1 Å². The van der Waals surface area contributed by atoms with Crippen molar-refractivity contribution in [3.63, 3.8) is 0 Å². The van der Waals surface area contributed by atoms with Gasteiger partial charge in [0.2, 0.25) is 0 Å². The number of hydrogen-bond acceptors (Lipinski definition) is 4. The Bertz CT molecular complexity index is 1150. The second-order valence-corrected chi connectivity index (χ2v) is 6.72. The minimum absolute atomic E-state index is 0.279. The molecule has 2 aromatic heterocycles. The number of fused-ring (bicyclic) bond motifs is 2. The van der Waals surface area contributed by atoms with Gasteiger partial charge in [0.1, 0.15) is 16.8 Å². The number of hydrogen-bond donors (Lipinski definition) is 1. The van der Waals surface area contributed by atoms with E-state index in [4.69, 9.17) is 9.15 Å². The Morgan fingerprint density at radius 2 is 1.93 bits per heavy atom. The second-order valence-electron chi connectivity index (χ2n) is 6.72. The van der Waals surface area contributed by atoms with E-state index < -0.39 is 0 Å². The lowest BCUT2D eigenvalue weighted by molar-refractivity contribution is 0.0998. The van der Waals surface area contributed by atoms with Crippen molar-refractivity contribution in [1.82, 2.24) is 4.98 Å². The molecule has 0 radical (unpaired) electrons. The van der Waals surface area contributed by atoms with Crippen LogP contribution < -0.4 is 10.1 Å². The second kappa shape index (κ2) is 7.72. The fourth-order valence-corrected chi connectivity index (χ4v) is 3.27. The van der Waals surface area contributed by atoms with Gasteiger partial charge in [-0.3, -0.25) is 9.78 Å². The Balaban J connectivity index is 1.66. The topological polar surface area (TPSA) is 64.4 Å². The van der Waals surface area contributed by atoms with E-state index in [1.54, 1.807) is 6.20 Å². The van der Waals surface area contributed by atoms with Crippen LogP contribution in [0.2, 0.25) is 0 Å². The lowest BCUT2D eigenvalue weighted by Gasteiger charge is -2.12. The normalized spacial score (nSPS) is 11.1. The number of para-hydroxylation sites is 1. The fourth-order valence-electron chi connectivity index (χ4n) is 3.27. The third-order valence-corrected chi connectivity index (χ3v) is 4.79. The summed E-state index contributed by atoms with van der Waals surface area (Å²) in [6.07, 6.45) is 3.78. The van der Waals surface area contributed by atoms with Crippen LogP contribution in [0.4, 0.5) is 5.69 Å². The lowest BCUT2D eigenvalue weighted by Crippen LogP contribution is -2.12. The first-order valence-electron chi connectivity index (χ1n) is 9.49. The zero-order valence-electron chi connectivity index (χ0n) is 16.0. The molecule has 4 rings (SSSR count). The first-order valence-corrected chi connectivity index (χ1v) is 9.49. The number of anilines is 1. The molecular formula is C23H22N2O3. The maximum absolute atomic E-state index is 12.9. The molecule has 28 heavy (non-hydrogen) atoms. The smallest absolute Gasteiger partial charge is 0.291 e. The van der Waals surface area contributed by atoms with Gasteiger partial charge in [-0.15, -0.1) is 0 Å². The maximum atomic E-state index is 12.9. The zero-order chi connectivity index (χ0) is 19.5. The molecule has 0 bridgehead atoms. The molecule has 0 spiro atoms. The standard InChI is InChI=1S/C23H22N2O3/c1-3-4-14-27-20-12-11-18(17-9-7-13-24-21(17)20)25-23(26)22-15(2)16-8-5-6-10-19(16)28-22/h5-13H,3-4,14H2,1-2H3,(H,25,26). The molecule has 2 aromatic carbocycles. The molecule has 5 nitrogen and oxygen atoms in total. The van der Waals surface area contributed by atoms with Crippen LogP contribution in [0, 0.1) is 6.92 Å². The first-order chi connectivity index (χ1) is 13.7. The van der Waals surface area contributed by atoms with Crippen LogP contribution in [0.5, 0.6) is 5.75 Å². The molecule has 5 heteroatoms. The van der Waals surface area contributed by atoms with E-state index in [0.717, 1.165) is 40.4 Å². The van der Waals surface area contributed by atoms with Gasteiger partial charge in [0.25, 0.3) is 5.91 Å². The van der Waals surface area contributed by atoms with Crippen molar-refractivity contribution in [3.8, 4) is 5.75 Å². The SMILES string of the molecule is CCCCOc1ccc(NC(=O)c2oc3ccccc3c2C)c2cccnc12. The summed E-state index contributed by atoms with van der Waals surface area (Å²) in [4.78, 5) is 17.3. The van der Waals surface area contributed by atoms with E-state index in [9.17, 15) is 4.79 Å². The molecule has 0 fully saturated rings. The van der Waals surface area contributed by atoms with Crippen molar-refractivity contribution in [2.75, 3.05) is 11.9 Å². The number of carbonyl (C=O) groups is 1. The predicted octanol–water partition coefficient (Wildman–Crippen LogP) is 5.72. The van der Waals surface area contributed by atoms with E-state index in [1.165, 1.54) is 0 Å². The highest BCUT2D eigenvalue weighted by atomic mass is 16.5. The summed E-state index contributed by atoms with van der Waals surface area (Å²) in [7, 11) is 0. The van der Waals surface area contributed by atoms with E-state index in [-0.39, 0.29) is 5.91 Å². The zero-order valence-corrected chi connectivity index (χ0v) is 16.0. The molecule has 0 saturated heterocycles. The number of amides is 1. The number of aryl methyl sites for hydroxylation is 1. The summed E-state index contributed by atoms with van der Waals surface area (Å²) in [5.41, 5.74) is 2.94. The molecule has 0 aliphatic carbocycles. The van der Waals surface area contributed by atoms with Gasteiger partial charge in [-0.05, 0) is 43.7 Å². The summed E-state index contributed by atoms with van der Waals surface area (Å²) in [6.45, 7) is 4.66. The van der Waals surface area contributed by atoms with Gasteiger partial charge >= 0.3 is 0 Å². The average molecular weight is 374 g/mol. The van der Waals surface area contributed by atoms with Crippen LogP contribution in [0.3, 0.4) is 0 Å². The summed E-state index contributed by atoms with van der Waals surface area (Å²) in [5, 5.41) is 4.74. The van der Waals surface area contributed by atoms with E-state index in [0.29, 0.717) is 23.6 Å². The number of pyridine rings is 1. The minimum atomic E-state index is -0.279. The van der Waals surface area contributed by atoms with Gasteiger partial charge in [0.15, 0.2) is 5.76 Å². The Kier molecular flexibility index (Phi) is 4.98. The third kappa shape index (κ3) is 3.31. The van der Waals surface area contributed by atoms with Gasteiger partial charge in [0, 0.05) is 22.5 Å². The van der Waals surface area contributed by atoms with E-state index >= 15 is 0 Å². The highest BCUT2D eigenvalue weighted by molar-refractivity contribution is 6.10. The van der Waals surface area contributed by atoms with Crippen molar-refractivity contribution in [1.29, 1.82) is 0 Å². The average Bonchev–Trinajstić information content (AvgIpc) is 3.07. The fraction of sp³-hybridized carbons (Fsp3) is 0.217. The van der Waals surface area contributed by atoms with Gasteiger partial charge in [-0.2, -0.15) is 0 Å². The molecule has 142 valence electrons. The van der Waals surface area contributed by atoms with Crippen LogP contribution in [-0.4, -0.2) is 17.5 Å². The van der Waals surface area contributed by atoms with Crippen LogP contribution in [-0.2, 0) is 0 Å². The largest absolute Gasteiger partial charge is 0.491 e. The molecule has 0 aliphatic heterocycles. The molecule has 0 aliphatic rings. The quantitative estimate of drug-likeness (QED) is 0.438. The number of furan rings is 1. The van der Waals surface area contributed by atoms with Gasteiger partial charge < -0.3 is 14.5 Å². The third-order valence-electron chi connectivity index (χ3n) is 4.79. The molecule has 0 saturated carbocycles. The predicted molar refractivity (Wildman–Crippen MR) is 111 cm³/mol. The number of aromatic nitrogens is 1. The number of rotatable bonds is 6. The highest BCUT2D eigenvalue weighted by Crippen LogP contribution is 2.31. The maximum Gasteiger partial charge on any atom is 0.291 e. The van der Waals surface area contributed by atoms with Gasteiger partial charge in [0.05, 0.1) is 12.3 Å². The van der Waals surface area contributed by atoms with E-state index in [2.05, 4.69) is 17.2 Å². The Morgan fingerprint density at radius 1 is 1.11 bits per heavy atom. The number of carbonyl (C=O) groups excluding carboxylic acids is 1. The van der Waals surface area contributed by atoms with Crippen molar-refractivity contribution in [2.24, 2.45) is 0 Å². The molecule has 1 N–H and O–H groups in total. The van der Waals surface area contributed by atoms with Crippen molar-refractivity contribution in [3.05, 3.63) is 66.1 Å². The first kappa shape index (κ1) is 18.0. The Hall–Kier alpha value is -3.34. The molecule has 2 heterocycles. The number of unbranched alkanes of at least 4 members (excludes halogenated alkanes) is 1. The van der Waals surface area contributed by atoms with Crippen molar-refractivity contribution in [2.45, 2.75) is 26.7 Å². The monoisotopic (exact) mass is 374 g/mol. The molecule has 1 amide bonds. The lowest BCUT2D eigenvalue weighted by atomic mass is 10.1. The number of benzene rings is 2. The van der Waals surface area contributed by atoms with Crippen molar-refractivity contribution >= 4 is 33.5 Å². The molecular weight excluding hydrogens is 352 g/mol. The van der Waals surface area contributed by atoms with Gasteiger partial charge in [-0.1, -0.05) is 31.5 Å². The van der Waals surface area contributed by atoms with Gasteiger partial charge in [-0.25, -0.2) is 0 Å². The summed E-state index contributed by atoms with van der Waals surface area (Å²) >= 11 is 0. The van der Waals surface area contributed by atoms with Crippen LogP contribution >= 0.6 is 0 Å². The van der Waals surface area contributed by atoms with Crippen LogP contribution in [0.25, 0.3) is 21.9 Å². The number of nitrogens with one attached hydrogen (secondary N) is 1. The summed E-state index contributed by atoms with van der Waals surface area (Å²) < 4.78 is 11.7. The number of nitrogens with zero attached hydrogens (tertiary/aromatic N) is 1. The Labute approximate surface area is 163 Å². The number of ether oxygens (including phenoxy) is 1.